The lowest BCUT2D eigenvalue weighted by atomic mass is 9.84. The molecule has 2 saturated carbocycles. The predicted octanol–water partition coefficient (Wildman–Crippen LogP) is 3.23. The van der Waals surface area contributed by atoms with Gasteiger partial charge in [0.15, 0.2) is 5.82 Å². The molecule has 186 valence electrons. The second-order valence-corrected chi connectivity index (χ2v) is 10.0. The van der Waals surface area contributed by atoms with Gasteiger partial charge in [0.25, 0.3) is 0 Å². The smallest absolute Gasteiger partial charge is 0.242 e. The van der Waals surface area contributed by atoms with Crippen molar-refractivity contribution in [3.63, 3.8) is 0 Å². The van der Waals surface area contributed by atoms with Gasteiger partial charge in [-0.05, 0) is 62.3 Å². The summed E-state index contributed by atoms with van der Waals surface area (Å²) in [6.45, 7) is 3.84. The first-order chi connectivity index (χ1) is 17.1. The van der Waals surface area contributed by atoms with E-state index in [0.717, 1.165) is 61.6 Å². The zero-order valence-electron chi connectivity index (χ0n) is 20.6. The molecule has 3 aliphatic rings. The fraction of sp³-hybridized carbons (Fsp3) is 0.556. The molecule has 0 N–H and O–H groups in total. The van der Waals surface area contributed by atoms with Crippen molar-refractivity contribution >= 4 is 17.6 Å². The molecule has 1 aromatic heterocycles. The SMILES string of the molecule is COc1cccc(-c2ccc(N3CCCN(C(=O)CN(CC4CC4)C(=O)C4CCC4)CC3)nn2)c1. The summed E-state index contributed by atoms with van der Waals surface area (Å²) >= 11 is 0. The van der Waals surface area contributed by atoms with E-state index >= 15 is 0 Å². The summed E-state index contributed by atoms with van der Waals surface area (Å²) in [4.78, 5) is 32.0. The van der Waals surface area contributed by atoms with Crippen molar-refractivity contribution in [2.24, 2.45) is 11.8 Å². The lowest BCUT2D eigenvalue weighted by molar-refractivity contribution is -0.144. The minimum atomic E-state index is 0.0691. The maximum Gasteiger partial charge on any atom is 0.242 e. The van der Waals surface area contributed by atoms with Gasteiger partial charge >= 0.3 is 0 Å². The van der Waals surface area contributed by atoms with Crippen LogP contribution in [0.3, 0.4) is 0 Å². The van der Waals surface area contributed by atoms with Crippen LogP contribution in [-0.4, -0.2) is 78.2 Å². The molecule has 5 rings (SSSR count). The van der Waals surface area contributed by atoms with Crippen molar-refractivity contribution in [2.75, 3.05) is 51.3 Å². The zero-order valence-corrected chi connectivity index (χ0v) is 20.6. The van der Waals surface area contributed by atoms with Crippen molar-refractivity contribution in [1.29, 1.82) is 0 Å². The fourth-order valence-electron chi connectivity index (χ4n) is 4.85. The number of carbonyl (C=O) groups excluding carboxylic acids is 2. The number of amides is 2. The number of rotatable bonds is 8. The van der Waals surface area contributed by atoms with Crippen LogP contribution in [0, 0.1) is 11.8 Å². The number of aromatic nitrogens is 2. The van der Waals surface area contributed by atoms with Crippen molar-refractivity contribution in [3.8, 4) is 17.0 Å². The maximum atomic E-state index is 13.2. The fourth-order valence-corrected chi connectivity index (χ4v) is 4.85. The largest absolute Gasteiger partial charge is 0.497 e. The summed E-state index contributed by atoms with van der Waals surface area (Å²) in [5.74, 6) is 2.60. The normalized spacial score (nSPS) is 18.5. The molecule has 2 heterocycles. The molecule has 0 unspecified atom stereocenters. The van der Waals surface area contributed by atoms with Crippen LogP contribution in [0.25, 0.3) is 11.3 Å². The van der Waals surface area contributed by atoms with Gasteiger partial charge in [-0.3, -0.25) is 9.59 Å². The van der Waals surface area contributed by atoms with Crippen molar-refractivity contribution in [1.82, 2.24) is 20.0 Å². The van der Waals surface area contributed by atoms with Crippen LogP contribution in [-0.2, 0) is 9.59 Å². The number of benzene rings is 1. The van der Waals surface area contributed by atoms with Gasteiger partial charge < -0.3 is 19.4 Å². The summed E-state index contributed by atoms with van der Waals surface area (Å²) in [7, 11) is 1.65. The van der Waals surface area contributed by atoms with Crippen LogP contribution in [0.5, 0.6) is 5.75 Å². The summed E-state index contributed by atoms with van der Waals surface area (Å²) in [6.07, 6.45) is 6.31. The maximum absolute atomic E-state index is 13.2. The van der Waals surface area contributed by atoms with Gasteiger partial charge in [0.05, 0.1) is 19.3 Å². The molecule has 8 heteroatoms. The summed E-state index contributed by atoms with van der Waals surface area (Å²) in [6, 6.07) is 11.8. The Bertz CT molecular complexity index is 1040. The average molecular weight is 478 g/mol. The first-order valence-electron chi connectivity index (χ1n) is 12.9. The number of ether oxygens (including phenoxy) is 1. The third-order valence-corrected chi connectivity index (χ3v) is 7.46. The van der Waals surface area contributed by atoms with E-state index < -0.39 is 0 Å². The summed E-state index contributed by atoms with van der Waals surface area (Å²) in [5.41, 5.74) is 1.76. The monoisotopic (exact) mass is 477 g/mol. The van der Waals surface area contributed by atoms with Gasteiger partial charge in [-0.15, -0.1) is 10.2 Å². The standard InChI is InChI=1S/C27H35N5O3/c1-35-23-8-3-7-22(17-23)24-11-12-25(29-28-24)30-13-4-14-31(16-15-30)26(33)19-32(18-20-9-10-20)27(34)21-5-2-6-21/h3,7-8,11-12,17,20-21H,2,4-6,9-10,13-16,18-19H2,1H3. The van der Waals surface area contributed by atoms with Crippen molar-refractivity contribution < 1.29 is 14.3 Å². The number of hydrogen-bond donors (Lipinski definition) is 0. The third kappa shape index (κ3) is 5.74. The summed E-state index contributed by atoms with van der Waals surface area (Å²) in [5, 5.41) is 8.91. The summed E-state index contributed by atoms with van der Waals surface area (Å²) < 4.78 is 5.31. The second-order valence-electron chi connectivity index (χ2n) is 10.0. The molecule has 2 aromatic rings. The second kappa shape index (κ2) is 10.6. The molecule has 35 heavy (non-hydrogen) atoms. The quantitative estimate of drug-likeness (QED) is 0.581. The van der Waals surface area contributed by atoms with E-state index in [-0.39, 0.29) is 24.3 Å². The van der Waals surface area contributed by atoms with E-state index in [0.29, 0.717) is 25.6 Å². The van der Waals surface area contributed by atoms with Gasteiger partial charge in [0.2, 0.25) is 11.8 Å². The number of hydrogen-bond acceptors (Lipinski definition) is 6. The zero-order chi connectivity index (χ0) is 24.2. The Morgan fingerprint density at radius 3 is 2.54 bits per heavy atom. The van der Waals surface area contributed by atoms with Gasteiger partial charge in [0.1, 0.15) is 5.75 Å². The number of nitrogens with zero attached hydrogens (tertiary/aromatic N) is 5. The molecular weight excluding hydrogens is 442 g/mol. The molecule has 2 amide bonds. The predicted molar refractivity (Wildman–Crippen MR) is 134 cm³/mol. The molecule has 0 spiro atoms. The highest BCUT2D eigenvalue weighted by Crippen LogP contribution is 2.33. The number of anilines is 1. The van der Waals surface area contributed by atoms with Gasteiger partial charge in [0, 0.05) is 44.2 Å². The Kier molecular flexibility index (Phi) is 7.16. The van der Waals surface area contributed by atoms with E-state index in [1.54, 1.807) is 7.11 Å². The Morgan fingerprint density at radius 1 is 1.00 bits per heavy atom. The van der Waals surface area contributed by atoms with Gasteiger partial charge in [-0.1, -0.05) is 18.6 Å². The topological polar surface area (TPSA) is 78.9 Å². The van der Waals surface area contributed by atoms with Crippen LogP contribution in [0.15, 0.2) is 36.4 Å². The molecule has 8 nitrogen and oxygen atoms in total. The van der Waals surface area contributed by atoms with Crippen molar-refractivity contribution in [3.05, 3.63) is 36.4 Å². The highest BCUT2D eigenvalue weighted by Gasteiger charge is 2.34. The van der Waals surface area contributed by atoms with E-state index in [2.05, 4.69) is 15.1 Å². The van der Waals surface area contributed by atoms with Crippen LogP contribution in [0.4, 0.5) is 5.82 Å². The Morgan fingerprint density at radius 2 is 1.86 bits per heavy atom. The number of carbonyl (C=O) groups is 2. The number of methoxy groups -OCH3 is 1. The van der Waals surface area contributed by atoms with E-state index in [1.165, 1.54) is 12.8 Å². The van der Waals surface area contributed by atoms with Crippen LogP contribution in [0.2, 0.25) is 0 Å². The minimum absolute atomic E-state index is 0.0691. The molecule has 0 atom stereocenters. The first kappa shape index (κ1) is 23.6. The molecule has 0 radical (unpaired) electrons. The lowest BCUT2D eigenvalue weighted by Gasteiger charge is -2.33. The van der Waals surface area contributed by atoms with Crippen LogP contribution in [0.1, 0.15) is 38.5 Å². The Balaban J connectivity index is 1.18. The van der Waals surface area contributed by atoms with Crippen molar-refractivity contribution in [2.45, 2.75) is 38.5 Å². The Hall–Kier alpha value is -3.16. The van der Waals surface area contributed by atoms with E-state index in [1.807, 2.05) is 46.2 Å². The average Bonchev–Trinajstić information content (AvgIpc) is 3.69. The van der Waals surface area contributed by atoms with Crippen LogP contribution < -0.4 is 9.64 Å². The van der Waals surface area contributed by atoms with Gasteiger partial charge in [-0.25, -0.2) is 0 Å². The first-order valence-corrected chi connectivity index (χ1v) is 12.9. The molecule has 2 aliphatic carbocycles. The van der Waals surface area contributed by atoms with E-state index in [4.69, 9.17) is 4.74 Å². The van der Waals surface area contributed by atoms with E-state index in [9.17, 15) is 9.59 Å². The van der Waals surface area contributed by atoms with Gasteiger partial charge in [-0.2, -0.15) is 0 Å². The minimum Gasteiger partial charge on any atom is -0.497 e. The highest BCUT2D eigenvalue weighted by atomic mass is 16.5. The third-order valence-electron chi connectivity index (χ3n) is 7.46. The molecule has 0 bridgehead atoms. The Labute approximate surface area is 207 Å². The molecule has 3 fully saturated rings. The van der Waals surface area contributed by atoms with Crippen LogP contribution >= 0.6 is 0 Å². The molecule has 1 aromatic carbocycles. The lowest BCUT2D eigenvalue weighted by Crippen LogP contribution is -2.47. The molecule has 1 aliphatic heterocycles. The highest BCUT2D eigenvalue weighted by molar-refractivity contribution is 5.86. The molecule has 1 saturated heterocycles. The molecular formula is C27H35N5O3.